The van der Waals surface area contributed by atoms with Crippen molar-refractivity contribution in [2.75, 3.05) is 0 Å². The van der Waals surface area contributed by atoms with Crippen molar-refractivity contribution in [1.29, 1.82) is 0 Å². The molecule has 0 aromatic carbocycles. The first-order valence-corrected chi connectivity index (χ1v) is 8.47. The molecule has 0 aliphatic heterocycles. The molecule has 2 fully saturated rings. The molecule has 2 aliphatic carbocycles. The summed E-state index contributed by atoms with van der Waals surface area (Å²) in [6, 6.07) is 0.235. The van der Waals surface area contributed by atoms with Crippen molar-refractivity contribution in [2.24, 2.45) is 17.3 Å². The maximum absolute atomic E-state index is 12.4. The van der Waals surface area contributed by atoms with Gasteiger partial charge in [-0.25, -0.2) is 0 Å². The average Bonchev–Trinajstić information content (AvgIpc) is 2.88. The normalized spacial score (nSPS) is 28.5. The van der Waals surface area contributed by atoms with E-state index in [4.69, 9.17) is 0 Å². The molecule has 0 bridgehead atoms. The lowest BCUT2D eigenvalue weighted by atomic mass is 9.77. The second kappa shape index (κ2) is 6.80. The van der Waals surface area contributed by atoms with Gasteiger partial charge in [0.15, 0.2) is 0 Å². The smallest absolute Gasteiger partial charge is 0.310 e. The average molecular weight is 295 g/mol. The van der Waals surface area contributed by atoms with Crippen molar-refractivity contribution in [2.45, 2.75) is 77.7 Å². The van der Waals surface area contributed by atoms with Gasteiger partial charge in [-0.05, 0) is 37.5 Å². The summed E-state index contributed by atoms with van der Waals surface area (Å²) >= 11 is 0. The summed E-state index contributed by atoms with van der Waals surface area (Å²) in [6.45, 7) is 4.43. The Bertz CT molecular complexity index is 385. The molecular formula is C17H29NO3. The third-order valence-electron chi connectivity index (χ3n) is 5.54. The Morgan fingerprint density at radius 2 is 1.76 bits per heavy atom. The molecule has 0 spiro atoms. The molecule has 1 amide bonds. The van der Waals surface area contributed by atoms with E-state index >= 15 is 0 Å². The SMILES string of the molecule is CC(C)C1CCCCC1NC(=O)CC1(C(=O)O)CCCC1. The van der Waals surface area contributed by atoms with Crippen LogP contribution in [0.25, 0.3) is 0 Å². The number of rotatable bonds is 5. The van der Waals surface area contributed by atoms with Gasteiger partial charge in [0.05, 0.1) is 5.41 Å². The van der Waals surface area contributed by atoms with Crippen LogP contribution in [-0.4, -0.2) is 23.0 Å². The van der Waals surface area contributed by atoms with Crippen LogP contribution in [0.15, 0.2) is 0 Å². The van der Waals surface area contributed by atoms with Gasteiger partial charge >= 0.3 is 5.97 Å². The minimum absolute atomic E-state index is 0.0585. The predicted molar refractivity (Wildman–Crippen MR) is 81.9 cm³/mol. The molecule has 0 heterocycles. The van der Waals surface area contributed by atoms with E-state index in [1.807, 2.05) is 0 Å². The second-order valence-corrected chi connectivity index (χ2v) is 7.34. The fourth-order valence-electron chi connectivity index (χ4n) is 4.22. The molecule has 2 unspecified atom stereocenters. The van der Waals surface area contributed by atoms with E-state index in [0.717, 1.165) is 25.7 Å². The maximum Gasteiger partial charge on any atom is 0.310 e. The zero-order chi connectivity index (χ0) is 15.5. The summed E-state index contributed by atoms with van der Waals surface area (Å²) in [6.07, 6.45) is 7.93. The largest absolute Gasteiger partial charge is 0.481 e. The Balaban J connectivity index is 1.95. The summed E-state index contributed by atoms with van der Waals surface area (Å²) in [5, 5.41) is 12.6. The van der Waals surface area contributed by atoms with Gasteiger partial charge in [0.2, 0.25) is 5.91 Å². The van der Waals surface area contributed by atoms with Crippen LogP contribution >= 0.6 is 0 Å². The Kier molecular flexibility index (Phi) is 5.28. The fraction of sp³-hybridized carbons (Fsp3) is 0.882. The summed E-state index contributed by atoms with van der Waals surface area (Å²) < 4.78 is 0. The molecule has 0 radical (unpaired) electrons. The van der Waals surface area contributed by atoms with Gasteiger partial charge in [-0.15, -0.1) is 0 Å². The number of hydrogen-bond donors (Lipinski definition) is 2. The van der Waals surface area contributed by atoms with Gasteiger partial charge in [0.1, 0.15) is 0 Å². The number of hydrogen-bond acceptors (Lipinski definition) is 2. The predicted octanol–water partition coefficient (Wildman–Crippen LogP) is 3.35. The van der Waals surface area contributed by atoms with Gasteiger partial charge in [0.25, 0.3) is 0 Å². The molecular weight excluding hydrogens is 266 g/mol. The molecule has 4 heteroatoms. The van der Waals surface area contributed by atoms with Gasteiger partial charge in [-0.1, -0.05) is 39.5 Å². The summed E-state index contributed by atoms with van der Waals surface area (Å²) in [5.41, 5.74) is -0.800. The van der Waals surface area contributed by atoms with Gasteiger partial charge in [-0.2, -0.15) is 0 Å². The minimum Gasteiger partial charge on any atom is -0.481 e. The zero-order valence-electron chi connectivity index (χ0n) is 13.4. The van der Waals surface area contributed by atoms with Crippen molar-refractivity contribution in [1.82, 2.24) is 5.32 Å². The Morgan fingerprint density at radius 1 is 1.14 bits per heavy atom. The number of aliphatic carboxylic acids is 1. The molecule has 0 aromatic rings. The van der Waals surface area contributed by atoms with Gasteiger partial charge in [-0.3, -0.25) is 9.59 Å². The Labute approximate surface area is 127 Å². The first kappa shape index (κ1) is 16.3. The van der Waals surface area contributed by atoms with Crippen molar-refractivity contribution in [3.8, 4) is 0 Å². The van der Waals surface area contributed by atoms with Crippen LogP contribution in [0, 0.1) is 17.3 Å². The highest BCUT2D eigenvalue weighted by molar-refractivity contribution is 5.85. The van der Waals surface area contributed by atoms with Crippen LogP contribution < -0.4 is 5.32 Å². The van der Waals surface area contributed by atoms with Gasteiger partial charge in [0, 0.05) is 12.5 Å². The van der Waals surface area contributed by atoms with Crippen LogP contribution in [0.3, 0.4) is 0 Å². The molecule has 2 saturated carbocycles. The Morgan fingerprint density at radius 3 is 2.33 bits per heavy atom. The molecule has 2 rings (SSSR count). The molecule has 2 aliphatic rings. The van der Waals surface area contributed by atoms with Gasteiger partial charge < -0.3 is 10.4 Å². The Hall–Kier alpha value is -1.06. The molecule has 2 N–H and O–H groups in total. The number of carbonyl (C=O) groups excluding carboxylic acids is 1. The third kappa shape index (κ3) is 3.78. The number of amides is 1. The topological polar surface area (TPSA) is 66.4 Å². The third-order valence-corrected chi connectivity index (χ3v) is 5.54. The minimum atomic E-state index is -0.800. The highest BCUT2D eigenvalue weighted by atomic mass is 16.4. The second-order valence-electron chi connectivity index (χ2n) is 7.34. The van der Waals surface area contributed by atoms with Crippen molar-refractivity contribution >= 4 is 11.9 Å². The van der Waals surface area contributed by atoms with E-state index in [1.165, 1.54) is 12.8 Å². The lowest BCUT2D eigenvalue weighted by Gasteiger charge is -2.35. The van der Waals surface area contributed by atoms with E-state index in [0.29, 0.717) is 24.7 Å². The first-order chi connectivity index (χ1) is 9.94. The lowest BCUT2D eigenvalue weighted by Crippen LogP contribution is -2.46. The number of carboxylic acids is 1. The van der Waals surface area contributed by atoms with Crippen LogP contribution in [0.5, 0.6) is 0 Å². The molecule has 0 aromatic heterocycles. The standard InChI is InChI=1S/C17H29NO3/c1-12(2)13-7-3-4-8-14(13)18-15(19)11-17(16(20)21)9-5-6-10-17/h12-14H,3-11H2,1-2H3,(H,18,19)(H,20,21). The first-order valence-electron chi connectivity index (χ1n) is 8.47. The summed E-state index contributed by atoms with van der Waals surface area (Å²) in [7, 11) is 0. The van der Waals surface area contributed by atoms with E-state index in [1.54, 1.807) is 0 Å². The molecule has 0 saturated heterocycles. The number of carboxylic acid groups (broad SMARTS) is 1. The van der Waals surface area contributed by atoms with Crippen LogP contribution in [0.4, 0.5) is 0 Å². The highest BCUT2D eigenvalue weighted by Gasteiger charge is 2.43. The van der Waals surface area contributed by atoms with Crippen LogP contribution in [-0.2, 0) is 9.59 Å². The summed E-state index contributed by atoms with van der Waals surface area (Å²) in [5.74, 6) is 0.249. The fourth-order valence-corrected chi connectivity index (χ4v) is 4.22. The summed E-state index contributed by atoms with van der Waals surface area (Å²) in [4.78, 5) is 23.9. The van der Waals surface area contributed by atoms with Crippen molar-refractivity contribution < 1.29 is 14.7 Å². The molecule has 21 heavy (non-hydrogen) atoms. The number of nitrogens with one attached hydrogen (secondary N) is 1. The molecule has 120 valence electrons. The van der Waals surface area contributed by atoms with E-state index in [9.17, 15) is 14.7 Å². The van der Waals surface area contributed by atoms with E-state index in [2.05, 4.69) is 19.2 Å². The molecule has 2 atom stereocenters. The zero-order valence-corrected chi connectivity index (χ0v) is 13.4. The van der Waals surface area contributed by atoms with Crippen molar-refractivity contribution in [3.05, 3.63) is 0 Å². The van der Waals surface area contributed by atoms with E-state index < -0.39 is 11.4 Å². The number of carbonyl (C=O) groups is 2. The maximum atomic E-state index is 12.4. The van der Waals surface area contributed by atoms with Crippen molar-refractivity contribution in [3.63, 3.8) is 0 Å². The monoisotopic (exact) mass is 295 g/mol. The molecule has 4 nitrogen and oxygen atoms in total. The van der Waals surface area contributed by atoms with Crippen LogP contribution in [0.1, 0.15) is 71.6 Å². The quantitative estimate of drug-likeness (QED) is 0.817. The van der Waals surface area contributed by atoms with Crippen LogP contribution in [0.2, 0.25) is 0 Å². The van der Waals surface area contributed by atoms with E-state index in [-0.39, 0.29) is 18.4 Å². The lowest BCUT2D eigenvalue weighted by molar-refractivity contribution is -0.151. The highest BCUT2D eigenvalue weighted by Crippen LogP contribution is 2.41.